The highest BCUT2D eigenvalue weighted by Gasteiger charge is 2.49. The van der Waals surface area contributed by atoms with Crippen LogP contribution in [-0.4, -0.2) is 33.4 Å². The summed E-state index contributed by atoms with van der Waals surface area (Å²) in [4.78, 5) is 4.26. The van der Waals surface area contributed by atoms with Crippen LogP contribution in [0.5, 0.6) is 0 Å². The predicted octanol–water partition coefficient (Wildman–Crippen LogP) is 1.66. The molecule has 1 aliphatic rings. The standard InChI is InChI=1S/C12H22N4O/c1-11(2)6-8(12(3,4)17-11)9(13-5)10-14-7-15-16-10/h7-9,13H,6H2,1-5H3,(H,14,15,16). The first kappa shape index (κ1) is 12.5. The maximum absolute atomic E-state index is 6.13. The Kier molecular flexibility index (Phi) is 2.99. The zero-order valence-electron chi connectivity index (χ0n) is 11.2. The summed E-state index contributed by atoms with van der Waals surface area (Å²) in [6.45, 7) is 8.57. The van der Waals surface area contributed by atoms with Crippen molar-refractivity contribution < 1.29 is 4.74 Å². The van der Waals surface area contributed by atoms with Gasteiger partial charge in [0.15, 0.2) is 0 Å². The maximum Gasteiger partial charge on any atom is 0.141 e. The lowest BCUT2D eigenvalue weighted by Gasteiger charge is -2.31. The van der Waals surface area contributed by atoms with E-state index in [1.807, 2.05) is 7.05 Å². The van der Waals surface area contributed by atoms with E-state index in [9.17, 15) is 0 Å². The second-order valence-corrected chi connectivity index (χ2v) is 5.91. The summed E-state index contributed by atoms with van der Waals surface area (Å²) in [7, 11) is 1.95. The van der Waals surface area contributed by atoms with Crippen molar-refractivity contribution in [1.29, 1.82) is 0 Å². The van der Waals surface area contributed by atoms with Gasteiger partial charge in [0.05, 0.1) is 17.2 Å². The van der Waals surface area contributed by atoms with Crippen molar-refractivity contribution in [3.8, 4) is 0 Å². The highest BCUT2D eigenvalue weighted by Crippen LogP contribution is 2.46. The molecule has 2 rings (SSSR count). The van der Waals surface area contributed by atoms with Gasteiger partial charge in [-0.25, -0.2) is 4.98 Å². The van der Waals surface area contributed by atoms with Crippen molar-refractivity contribution in [3.05, 3.63) is 12.2 Å². The summed E-state index contributed by atoms with van der Waals surface area (Å²) >= 11 is 0. The molecule has 1 fully saturated rings. The molecule has 0 amide bonds. The Morgan fingerprint density at radius 2 is 2.18 bits per heavy atom. The lowest BCUT2D eigenvalue weighted by Crippen LogP contribution is -2.37. The van der Waals surface area contributed by atoms with Crippen LogP contribution in [0.1, 0.15) is 46.0 Å². The van der Waals surface area contributed by atoms with E-state index in [0.29, 0.717) is 5.92 Å². The van der Waals surface area contributed by atoms with Crippen LogP contribution in [0.2, 0.25) is 0 Å². The quantitative estimate of drug-likeness (QED) is 0.840. The molecule has 1 aliphatic heterocycles. The molecule has 96 valence electrons. The van der Waals surface area contributed by atoms with Crippen molar-refractivity contribution in [3.63, 3.8) is 0 Å². The van der Waals surface area contributed by atoms with Crippen molar-refractivity contribution in [2.24, 2.45) is 5.92 Å². The van der Waals surface area contributed by atoms with E-state index in [0.717, 1.165) is 12.2 Å². The molecule has 0 saturated carbocycles. The number of hydrogen-bond acceptors (Lipinski definition) is 4. The van der Waals surface area contributed by atoms with E-state index in [1.54, 1.807) is 6.33 Å². The van der Waals surface area contributed by atoms with E-state index >= 15 is 0 Å². The molecule has 0 aromatic carbocycles. The molecule has 0 bridgehead atoms. The van der Waals surface area contributed by atoms with E-state index in [1.165, 1.54) is 0 Å². The van der Waals surface area contributed by atoms with Crippen LogP contribution >= 0.6 is 0 Å². The molecule has 0 aliphatic carbocycles. The minimum atomic E-state index is -0.163. The number of nitrogens with one attached hydrogen (secondary N) is 2. The molecule has 0 spiro atoms. The van der Waals surface area contributed by atoms with Crippen LogP contribution in [-0.2, 0) is 4.74 Å². The fourth-order valence-corrected chi connectivity index (χ4v) is 3.02. The van der Waals surface area contributed by atoms with Gasteiger partial charge in [-0.3, -0.25) is 5.10 Å². The highest BCUT2D eigenvalue weighted by atomic mass is 16.5. The first-order chi connectivity index (χ1) is 7.86. The number of nitrogens with zero attached hydrogens (tertiary/aromatic N) is 2. The normalized spacial score (nSPS) is 28.2. The minimum Gasteiger partial charge on any atom is -0.369 e. The minimum absolute atomic E-state index is 0.0801. The molecule has 0 radical (unpaired) electrons. The third-order valence-electron chi connectivity index (χ3n) is 3.59. The molecule has 1 saturated heterocycles. The summed E-state index contributed by atoms with van der Waals surface area (Å²) in [6.07, 6.45) is 2.56. The molecule has 5 heteroatoms. The van der Waals surface area contributed by atoms with Gasteiger partial charge in [0.25, 0.3) is 0 Å². The Morgan fingerprint density at radius 3 is 2.59 bits per heavy atom. The fourth-order valence-electron chi connectivity index (χ4n) is 3.02. The zero-order valence-corrected chi connectivity index (χ0v) is 11.2. The molecular formula is C12H22N4O. The molecule has 2 N–H and O–H groups in total. The smallest absolute Gasteiger partial charge is 0.141 e. The number of aromatic nitrogens is 3. The van der Waals surface area contributed by atoms with Crippen LogP contribution in [0.3, 0.4) is 0 Å². The van der Waals surface area contributed by atoms with Gasteiger partial charge < -0.3 is 10.1 Å². The van der Waals surface area contributed by atoms with Crippen molar-refractivity contribution >= 4 is 0 Å². The molecule has 1 aromatic heterocycles. The van der Waals surface area contributed by atoms with E-state index in [4.69, 9.17) is 4.74 Å². The number of ether oxygens (including phenoxy) is 1. The van der Waals surface area contributed by atoms with Crippen molar-refractivity contribution in [2.45, 2.75) is 51.4 Å². The Morgan fingerprint density at radius 1 is 1.47 bits per heavy atom. The monoisotopic (exact) mass is 238 g/mol. The Balaban J connectivity index is 2.26. The van der Waals surface area contributed by atoms with Crippen LogP contribution in [0.4, 0.5) is 0 Å². The van der Waals surface area contributed by atoms with Gasteiger partial charge in [-0.1, -0.05) is 0 Å². The van der Waals surface area contributed by atoms with Gasteiger partial charge >= 0.3 is 0 Å². The topological polar surface area (TPSA) is 62.8 Å². The van der Waals surface area contributed by atoms with E-state index in [2.05, 4.69) is 48.2 Å². The molecule has 2 heterocycles. The predicted molar refractivity (Wildman–Crippen MR) is 65.5 cm³/mol. The van der Waals surface area contributed by atoms with Crippen LogP contribution in [0.15, 0.2) is 6.33 Å². The largest absolute Gasteiger partial charge is 0.369 e. The van der Waals surface area contributed by atoms with Gasteiger partial charge in [-0.15, -0.1) is 0 Å². The highest BCUT2D eigenvalue weighted by molar-refractivity contribution is 5.05. The van der Waals surface area contributed by atoms with Gasteiger partial charge in [-0.2, -0.15) is 5.10 Å². The first-order valence-corrected chi connectivity index (χ1v) is 6.08. The molecule has 17 heavy (non-hydrogen) atoms. The van der Waals surface area contributed by atoms with Crippen molar-refractivity contribution in [2.75, 3.05) is 7.05 Å². The second kappa shape index (κ2) is 4.07. The SMILES string of the molecule is CNC(c1ncn[nH]1)C1CC(C)(C)OC1(C)C. The second-order valence-electron chi connectivity index (χ2n) is 5.91. The maximum atomic E-state index is 6.13. The number of rotatable bonds is 3. The lowest BCUT2D eigenvalue weighted by atomic mass is 9.81. The molecule has 5 nitrogen and oxygen atoms in total. The summed E-state index contributed by atoms with van der Waals surface area (Å²) in [5.74, 6) is 1.25. The molecular weight excluding hydrogens is 216 g/mol. The lowest BCUT2D eigenvalue weighted by molar-refractivity contribution is -0.0779. The molecule has 1 aromatic rings. The number of H-pyrrole nitrogens is 1. The average molecular weight is 238 g/mol. The van der Waals surface area contributed by atoms with Crippen molar-refractivity contribution in [1.82, 2.24) is 20.5 Å². The Hall–Kier alpha value is -0.940. The third-order valence-corrected chi connectivity index (χ3v) is 3.59. The van der Waals surface area contributed by atoms with Crippen LogP contribution < -0.4 is 5.32 Å². The summed E-state index contributed by atoms with van der Waals surface area (Å²) in [5.41, 5.74) is -0.243. The number of hydrogen-bond donors (Lipinski definition) is 2. The number of aromatic amines is 1. The Labute approximate surface area is 102 Å². The summed E-state index contributed by atoms with van der Waals surface area (Å²) in [5, 5.41) is 10.2. The first-order valence-electron chi connectivity index (χ1n) is 6.08. The molecule has 2 unspecified atom stereocenters. The van der Waals surface area contributed by atoms with E-state index < -0.39 is 0 Å². The van der Waals surface area contributed by atoms with Gasteiger partial charge in [0.2, 0.25) is 0 Å². The summed E-state index contributed by atoms with van der Waals surface area (Å²) in [6, 6.07) is 0.147. The Bertz CT molecular complexity index is 372. The van der Waals surface area contributed by atoms with Crippen LogP contribution in [0.25, 0.3) is 0 Å². The average Bonchev–Trinajstić information content (AvgIpc) is 2.74. The zero-order chi connectivity index (χ0) is 12.7. The van der Waals surface area contributed by atoms with Gasteiger partial charge in [0.1, 0.15) is 12.2 Å². The summed E-state index contributed by atoms with van der Waals surface area (Å²) < 4.78 is 6.13. The third kappa shape index (κ3) is 2.35. The van der Waals surface area contributed by atoms with Gasteiger partial charge in [-0.05, 0) is 41.2 Å². The van der Waals surface area contributed by atoms with Gasteiger partial charge in [0, 0.05) is 5.92 Å². The van der Waals surface area contributed by atoms with E-state index in [-0.39, 0.29) is 17.2 Å². The fraction of sp³-hybridized carbons (Fsp3) is 0.833. The van der Waals surface area contributed by atoms with Crippen LogP contribution in [0, 0.1) is 5.92 Å². The molecule has 2 atom stereocenters.